The number of pyridine rings is 1. The number of aromatic nitrogens is 2. The molecule has 0 bridgehead atoms. The molecule has 0 spiro atoms. The third-order valence-corrected chi connectivity index (χ3v) is 3.04. The standard InChI is InChI=1S/C14H14N4O3/c1-8-6-12(18-21-8)17-14(20)11-7-9(4-5-15-11)13(19)16-10-2-3-10/h4-7,10H,2-3H2,1H3,(H,16,19)(H,17,18,20). The van der Waals surface area contributed by atoms with Crippen molar-refractivity contribution in [3.05, 3.63) is 41.4 Å². The molecule has 7 heteroatoms. The van der Waals surface area contributed by atoms with E-state index in [0.29, 0.717) is 17.1 Å². The molecule has 2 aromatic heterocycles. The van der Waals surface area contributed by atoms with Crippen molar-refractivity contribution >= 4 is 17.6 Å². The topological polar surface area (TPSA) is 97.1 Å². The Morgan fingerprint density at radius 2 is 2.10 bits per heavy atom. The minimum Gasteiger partial charge on any atom is -0.360 e. The summed E-state index contributed by atoms with van der Waals surface area (Å²) in [5.74, 6) is 0.276. The van der Waals surface area contributed by atoms with Gasteiger partial charge in [-0.15, -0.1) is 0 Å². The SMILES string of the molecule is Cc1cc(NC(=O)c2cc(C(=O)NC3CC3)ccn2)no1. The second-order valence-corrected chi connectivity index (χ2v) is 4.95. The van der Waals surface area contributed by atoms with E-state index < -0.39 is 5.91 Å². The quantitative estimate of drug-likeness (QED) is 0.888. The van der Waals surface area contributed by atoms with E-state index in [1.807, 2.05) is 0 Å². The predicted octanol–water partition coefficient (Wildman–Crippen LogP) is 1.52. The van der Waals surface area contributed by atoms with Gasteiger partial charge >= 0.3 is 0 Å². The van der Waals surface area contributed by atoms with Gasteiger partial charge in [0, 0.05) is 23.9 Å². The van der Waals surface area contributed by atoms with E-state index in [9.17, 15) is 9.59 Å². The van der Waals surface area contributed by atoms with Crippen LogP contribution < -0.4 is 10.6 Å². The van der Waals surface area contributed by atoms with Crippen LogP contribution in [0.2, 0.25) is 0 Å². The summed E-state index contributed by atoms with van der Waals surface area (Å²) in [6, 6.07) is 4.90. The van der Waals surface area contributed by atoms with Gasteiger partial charge in [-0.05, 0) is 31.9 Å². The number of nitrogens with zero attached hydrogens (tertiary/aromatic N) is 2. The van der Waals surface area contributed by atoms with Gasteiger partial charge in [0.05, 0.1) is 0 Å². The Hall–Kier alpha value is -2.70. The van der Waals surface area contributed by atoms with Gasteiger partial charge in [-0.3, -0.25) is 14.6 Å². The van der Waals surface area contributed by atoms with Crippen LogP contribution in [0.15, 0.2) is 28.9 Å². The number of rotatable bonds is 4. The first-order chi connectivity index (χ1) is 10.1. The summed E-state index contributed by atoms with van der Waals surface area (Å²) in [5.41, 5.74) is 0.567. The summed E-state index contributed by atoms with van der Waals surface area (Å²) in [4.78, 5) is 27.9. The van der Waals surface area contributed by atoms with Crippen LogP contribution >= 0.6 is 0 Å². The van der Waals surface area contributed by atoms with Crippen molar-refractivity contribution in [3.63, 3.8) is 0 Å². The molecule has 1 aliphatic carbocycles. The van der Waals surface area contributed by atoms with E-state index >= 15 is 0 Å². The lowest BCUT2D eigenvalue weighted by atomic mass is 10.2. The maximum absolute atomic E-state index is 12.0. The zero-order valence-electron chi connectivity index (χ0n) is 11.4. The van der Waals surface area contributed by atoms with E-state index in [-0.39, 0.29) is 17.6 Å². The highest BCUT2D eigenvalue weighted by Gasteiger charge is 2.24. The van der Waals surface area contributed by atoms with Crippen LogP contribution in [-0.4, -0.2) is 28.0 Å². The molecular formula is C14H14N4O3. The molecule has 0 aliphatic heterocycles. The lowest BCUT2D eigenvalue weighted by molar-refractivity contribution is 0.0951. The molecule has 2 aromatic rings. The van der Waals surface area contributed by atoms with Gasteiger partial charge in [-0.2, -0.15) is 0 Å². The molecule has 108 valence electrons. The van der Waals surface area contributed by atoms with Crippen LogP contribution in [0.25, 0.3) is 0 Å². The third-order valence-electron chi connectivity index (χ3n) is 3.04. The number of anilines is 1. The molecule has 1 aliphatic rings. The summed E-state index contributed by atoms with van der Waals surface area (Å²) < 4.78 is 4.86. The van der Waals surface area contributed by atoms with E-state index in [1.165, 1.54) is 12.3 Å². The lowest BCUT2D eigenvalue weighted by Crippen LogP contribution is -2.26. The Bertz CT molecular complexity index is 691. The van der Waals surface area contributed by atoms with Crippen LogP contribution in [0.4, 0.5) is 5.82 Å². The van der Waals surface area contributed by atoms with E-state index in [0.717, 1.165) is 12.8 Å². The number of hydrogen-bond donors (Lipinski definition) is 2. The smallest absolute Gasteiger partial charge is 0.275 e. The van der Waals surface area contributed by atoms with E-state index in [4.69, 9.17) is 4.52 Å². The molecule has 3 rings (SSSR count). The number of carbonyl (C=O) groups is 2. The first-order valence-electron chi connectivity index (χ1n) is 6.63. The summed E-state index contributed by atoms with van der Waals surface area (Å²) in [6.07, 6.45) is 3.45. The second kappa shape index (κ2) is 5.35. The van der Waals surface area contributed by atoms with Gasteiger partial charge < -0.3 is 15.2 Å². The fourth-order valence-electron chi connectivity index (χ4n) is 1.80. The van der Waals surface area contributed by atoms with Crippen molar-refractivity contribution in [1.29, 1.82) is 0 Å². The number of aryl methyl sites for hydroxylation is 1. The van der Waals surface area contributed by atoms with E-state index in [2.05, 4.69) is 20.8 Å². The molecule has 21 heavy (non-hydrogen) atoms. The van der Waals surface area contributed by atoms with Crippen LogP contribution in [0.5, 0.6) is 0 Å². The fraction of sp³-hybridized carbons (Fsp3) is 0.286. The van der Waals surface area contributed by atoms with Crippen molar-refractivity contribution in [1.82, 2.24) is 15.5 Å². The van der Waals surface area contributed by atoms with Crippen molar-refractivity contribution in [2.24, 2.45) is 0 Å². The van der Waals surface area contributed by atoms with Gasteiger partial charge in [0.2, 0.25) is 0 Å². The van der Waals surface area contributed by atoms with Crippen molar-refractivity contribution in [2.75, 3.05) is 5.32 Å². The normalized spacial score (nSPS) is 13.8. The molecule has 2 amide bonds. The van der Waals surface area contributed by atoms with Gasteiger partial charge in [0.15, 0.2) is 5.82 Å². The first kappa shape index (κ1) is 13.3. The average Bonchev–Trinajstić information content (AvgIpc) is 3.20. The summed E-state index contributed by atoms with van der Waals surface area (Å²) >= 11 is 0. The number of nitrogens with one attached hydrogen (secondary N) is 2. The largest absolute Gasteiger partial charge is 0.360 e. The molecule has 2 N–H and O–H groups in total. The zero-order valence-corrected chi connectivity index (χ0v) is 11.4. The molecular weight excluding hydrogens is 272 g/mol. The molecule has 0 saturated heterocycles. The molecule has 1 saturated carbocycles. The molecule has 7 nitrogen and oxygen atoms in total. The second-order valence-electron chi connectivity index (χ2n) is 4.95. The predicted molar refractivity (Wildman–Crippen MR) is 73.9 cm³/mol. The van der Waals surface area contributed by atoms with Crippen molar-refractivity contribution in [3.8, 4) is 0 Å². The lowest BCUT2D eigenvalue weighted by Gasteiger charge is -2.05. The summed E-state index contributed by atoms with van der Waals surface area (Å²) in [5, 5.41) is 9.10. The van der Waals surface area contributed by atoms with Crippen LogP contribution in [0.3, 0.4) is 0 Å². The maximum Gasteiger partial charge on any atom is 0.275 e. The zero-order chi connectivity index (χ0) is 14.8. The summed E-state index contributed by atoms with van der Waals surface area (Å²) in [7, 11) is 0. The van der Waals surface area contributed by atoms with Gasteiger partial charge in [-0.25, -0.2) is 0 Å². The third kappa shape index (κ3) is 3.25. The minimum atomic E-state index is -0.440. The minimum absolute atomic E-state index is 0.152. The first-order valence-corrected chi connectivity index (χ1v) is 6.63. The monoisotopic (exact) mass is 286 g/mol. The molecule has 0 aromatic carbocycles. The Kier molecular flexibility index (Phi) is 3.39. The highest BCUT2D eigenvalue weighted by molar-refractivity contribution is 6.04. The van der Waals surface area contributed by atoms with Crippen molar-refractivity contribution in [2.45, 2.75) is 25.8 Å². The highest BCUT2D eigenvalue weighted by Crippen LogP contribution is 2.19. The fourth-order valence-corrected chi connectivity index (χ4v) is 1.80. The van der Waals surface area contributed by atoms with Crippen LogP contribution in [0, 0.1) is 6.92 Å². The van der Waals surface area contributed by atoms with Crippen LogP contribution in [-0.2, 0) is 0 Å². The molecule has 0 atom stereocenters. The van der Waals surface area contributed by atoms with Gasteiger partial charge in [0.1, 0.15) is 11.5 Å². The Morgan fingerprint density at radius 1 is 1.29 bits per heavy atom. The van der Waals surface area contributed by atoms with Crippen molar-refractivity contribution < 1.29 is 14.1 Å². The molecule has 1 fully saturated rings. The van der Waals surface area contributed by atoms with Gasteiger partial charge in [-0.1, -0.05) is 5.16 Å². The molecule has 0 unspecified atom stereocenters. The van der Waals surface area contributed by atoms with Crippen LogP contribution in [0.1, 0.15) is 39.4 Å². The summed E-state index contributed by atoms with van der Waals surface area (Å²) in [6.45, 7) is 1.73. The maximum atomic E-state index is 12.0. The van der Waals surface area contributed by atoms with E-state index in [1.54, 1.807) is 19.1 Å². The molecule has 2 heterocycles. The number of hydrogen-bond acceptors (Lipinski definition) is 5. The number of amides is 2. The Morgan fingerprint density at radius 3 is 2.76 bits per heavy atom. The highest BCUT2D eigenvalue weighted by atomic mass is 16.5. The average molecular weight is 286 g/mol. The molecule has 0 radical (unpaired) electrons. The van der Waals surface area contributed by atoms with Gasteiger partial charge in [0.25, 0.3) is 11.8 Å². The Labute approximate surface area is 120 Å². The number of carbonyl (C=O) groups excluding carboxylic acids is 2. The Balaban J connectivity index is 1.72.